The summed E-state index contributed by atoms with van der Waals surface area (Å²) in [6, 6.07) is 0.992. The van der Waals surface area contributed by atoms with Crippen molar-refractivity contribution in [2.45, 2.75) is 12.5 Å². The molecule has 14 heavy (non-hydrogen) atoms. The average Bonchev–Trinajstić information content (AvgIpc) is 2.11. The van der Waals surface area contributed by atoms with Gasteiger partial charge in [0, 0.05) is 18.2 Å². The van der Waals surface area contributed by atoms with Crippen LogP contribution in [0.2, 0.25) is 0 Å². The van der Waals surface area contributed by atoms with E-state index in [1.54, 1.807) is 0 Å². The molecule has 78 valence electrons. The first-order valence-electron chi connectivity index (χ1n) is 3.96. The fraction of sp³-hybridized carbons (Fsp3) is 0.333. The Labute approximate surface area is 79.2 Å². The van der Waals surface area contributed by atoms with Crippen molar-refractivity contribution in [1.82, 2.24) is 0 Å². The standard InChI is InChI=1S/C9H10F3NO/c1-9(14,4-13)5-2-7(11)8(12)3-6(5)10/h2-3,14H,4,13H2,1H3. The third-order valence-electron chi connectivity index (χ3n) is 1.99. The SMILES string of the molecule is CC(O)(CN)c1cc(F)c(F)cc1F. The van der Waals surface area contributed by atoms with Crippen LogP contribution in [-0.2, 0) is 5.60 Å². The van der Waals surface area contributed by atoms with Gasteiger partial charge in [0.25, 0.3) is 0 Å². The molecule has 2 nitrogen and oxygen atoms in total. The summed E-state index contributed by atoms with van der Waals surface area (Å²) < 4.78 is 38.3. The maximum atomic E-state index is 13.1. The molecule has 0 bridgehead atoms. The van der Waals surface area contributed by atoms with E-state index in [1.165, 1.54) is 6.92 Å². The molecule has 0 spiro atoms. The largest absolute Gasteiger partial charge is 0.384 e. The molecule has 1 aromatic rings. The van der Waals surface area contributed by atoms with E-state index in [4.69, 9.17) is 5.73 Å². The van der Waals surface area contributed by atoms with E-state index < -0.39 is 23.1 Å². The molecule has 1 aromatic carbocycles. The highest BCUT2D eigenvalue weighted by Crippen LogP contribution is 2.24. The first kappa shape index (κ1) is 11.0. The number of rotatable bonds is 2. The van der Waals surface area contributed by atoms with E-state index in [9.17, 15) is 18.3 Å². The Balaban J connectivity index is 3.29. The van der Waals surface area contributed by atoms with Gasteiger partial charge in [-0.15, -0.1) is 0 Å². The van der Waals surface area contributed by atoms with Crippen molar-refractivity contribution in [1.29, 1.82) is 0 Å². The quantitative estimate of drug-likeness (QED) is 0.714. The Morgan fingerprint density at radius 3 is 2.21 bits per heavy atom. The maximum Gasteiger partial charge on any atom is 0.161 e. The molecule has 0 aliphatic carbocycles. The van der Waals surface area contributed by atoms with Gasteiger partial charge in [-0.1, -0.05) is 0 Å². The minimum absolute atomic E-state index is 0.283. The Morgan fingerprint density at radius 1 is 1.21 bits per heavy atom. The number of nitrogens with two attached hydrogens (primary N) is 1. The van der Waals surface area contributed by atoms with E-state index in [-0.39, 0.29) is 12.1 Å². The molecule has 0 radical (unpaired) electrons. The van der Waals surface area contributed by atoms with Crippen molar-refractivity contribution in [3.63, 3.8) is 0 Å². The highest BCUT2D eigenvalue weighted by atomic mass is 19.2. The predicted molar refractivity (Wildman–Crippen MR) is 44.9 cm³/mol. The monoisotopic (exact) mass is 205 g/mol. The van der Waals surface area contributed by atoms with Crippen LogP contribution in [-0.4, -0.2) is 11.7 Å². The molecule has 1 atom stereocenters. The van der Waals surface area contributed by atoms with Gasteiger partial charge in [0.05, 0.1) is 0 Å². The molecule has 0 fully saturated rings. The molecule has 0 aromatic heterocycles. The highest BCUT2D eigenvalue weighted by Gasteiger charge is 2.26. The molecular weight excluding hydrogens is 195 g/mol. The Bertz CT molecular complexity index is 352. The fourth-order valence-electron chi connectivity index (χ4n) is 1.05. The van der Waals surface area contributed by atoms with Gasteiger partial charge in [0.15, 0.2) is 11.6 Å². The molecule has 5 heteroatoms. The molecule has 1 unspecified atom stereocenters. The summed E-state index contributed by atoms with van der Waals surface area (Å²) in [4.78, 5) is 0. The van der Waals surface area contributed by atoms with E-state index >= 15 is 0 Å². The number of halogens is 3. The lowest BCUT2D eigenvalue weighted by Crippen LogP contribution is -2.32. The predicted octanol–water partition coefficient (Wildman–Crippen LogP) is 1.27. The summed E-state index contributed by atoms with van der Waals surface area (Å²) in [5.41, 5.74) is 3.12. The second kappa shape index (κ2) is 3.59. The molecule has 0 amide bonds. The minimum Gasteiger partial charge on any atom is -0.384 e. The zero-order chi connectivity index (χ0) is 10.9. The van der Waals surface area contributed by atoms with Gasteiger partial charge in [-0.2, -0.15) is 0 Å². The summed E-state index contributed by atoms with van der Waals surface area (Å²) in [6.07, 6.45) is 0. The second-order valence-electron chi connectivity index (χ2n) is 3.22. The van der Waals surface area contributed by atoms with Crippen molar-refractivity contribution < 1.29 is 18.3 Å². The summed E-state index contributed by atoms with van der Waals surface area (Å²) >= 11 is 0. The molecular formula is C9H10F3NO. The number of aliphatic hydroxyl groups is 1. The summed E-state index contributed by atoms with van der Waals surface area (Å²) in [6.45, 7) is 0.942. The maximum absolute atomic E-state index is 13.1. The summed E-state index contributed by atoms with van der Waals surface area (Å²) in [5.74, 6) is -3.52. The number of hydrogen-bond donors (Lipinski definition) is 2. The molecule has 1 rings (SSSR count). The first-order chi connectivity index (χ1) is 6.38. The van der Waals surface area contributed by atoms with E-state index in [1.807, 2.05) is 0 Å². The van der Waals surface area contributed by atoms with Crippen LogP contribution in [0.25, 0.3) is 0 Å². The van der Waals surface area contributed by atoms with Crippen LogP contribution in [0.15, 0.2) is 12.1 Å². The highest BCUT2D eigenvalue weighted by molar-refractivity contribution is 5.25. The second-order valence-corrected chi connectivity index (χ2v) is 3.22. The third-order valence-corrected chi connectivity index (χ3v) is 1.99. The van der Waals surface area contributed by atoms with Crippen LogP contribution in [0.5, 0.6) is 0 Å². The Hall–Kier alpha value is -1.07. The molecule has 3 N–H and O–H groups in total. The molecule has 0 saturated heterocycles. The zero-order valence-electron chi connectivity index (χ0n) is 7.52. The fourth-order valence-corrected chi connectivity index (χ4v) is 1.05. The van der Waals surface area contributed by atoms with Crippen LogP contribution in [0.4, 0.5) is 13.2 Å². The zero-order valence-corrected chi connectivity index (χ0v) is 7.52. The van der Waals surface area contributed by atoms with Gasteiger partial charge >= 0.3 is 0 Å². The Kier molecular flexibility index (Phi) is 2.82. The van der Waals surface area contributed by atoms with Crippen LogP contribution < -0.4 is 5.73 Å². The van der Waals surface area contributed by atoms with Gasteiger partial charge in [0.2, 0.25) is 0 Å². The van der Waals surface area contributed by atoms with Crippen molar-refractivity contribution in [2.75, 3.05) is 6.54 Å². The molecule has 0 heterocycles. The minimum atomic E-state index is -1.70. The van der Waals surface area contributed by atoms with Crippen molar-refractivity contribution in [2.24, 2.45) is 5.73 Å². The molecule has 0 aliphatic heterocycles. The lowest BCUT2D eigenvalue weighted by atomic mass is 9.95. The number of benzene rings is 1. The third kappa shape index (κ3) is 1.88. The van der Waals surface area contributed by atoms with Crippen molar-refractivity contribution in [3.8, 4) is 0 Å². The topological polar surface area (TPSA) is 46.2 Å². The smallest absolute Gasteiger partial charge is 0.161 e. The van der Waals surface area contributed by atoms with Crippen LogP contribution in [0.3, 0.4) is 0 Å². The Morgan fingerprint density at radius 2 is 1.71 bits per heavy atom. The molecule has 0 saturated carbocycles. The number of hydrogen-bond acceptors (Lipinski definition) is 2. The lowest BCUT2D eigenvalue weighted by molar-refractivity contribution is 0.0623. The molecule has 0 aliphatic rings. The van der Waals surface area contributed by atoms with Gasteiger partial charge in [-0.3, -0.25) is 0 Å². The van der Waals surface area contributed by atoms with Crippen LogP contribution in [0.1, 0.15) is 12.5 Å². The van der Waals surface area contributed by atoms with E-state index in [0.717, 1.165) is 0 Å². The normalized spacial score (nSPS) is 15.3. The van der Waals surface area contributed by atoms with Crippen LogP contribution in [0, 0.1) is 17.5 Å². The van der Waals surface area contributed by atoms with Gasteiger partial charge in [-0.05, 0) is 13.0 Å². The first-order valence-corrected chi connectivity index (χ1v) is 3.96. The van der Waals surface area contributed by atoms with Crippen molar-refractivity contribution in [3.05, 3.63) is 35.1 Å². The van der Waals surface area contributed by atoms with Gasteiger partial charge in [-0.25, -0.2) is 13.2 Å². The summed E-state index contributed by atoms with van der Waals surface area (Å²) in [7, 11) is 0. The van der Waals surface area contributed by atoms with Gasteiger partial charge < -0.3 is 10.8 Å². The van der Waals surface area contributed by atoms with E-state index in [2.05, 4.69) is 0 Å². The average molecular weight is 205 g/mol. The lowest BCUT2D eigenvalue weighted by Gasteiger charge is -2.22. The summed E-state index contributed by atoms with van der Waals surface area (Å²) in [5, 5.41) is 9.54. The van der Waals surface area contributed by atoms with Crippen molar-refractivity contribution >= 4 is 0 Å². The van der Waals surface area contributed by atoms with E-state index in [0.29, 0.717) is 12.1 Å². The van der Waals surface area contributed by atoms with Crippen LogP contribution >= 0.6 is 0 Å². The van der Waals surface area contributed by atoms with Gasteiger partial charge in [0.1, 0.15) is 11.4 Å².